The molecule has 1 rings (SSSR count). The van der Waals surface area contributed by atoms with Crippen LogP contribution in [0.25, 0.3) is 0 Å². The van der Waals surface area contributed by atoms with Crippen molar-refractivity contribution in [3.8, 4) is 0 Å². The van der Waals surface area contributed by atoms with E-state index in [0.29, 0.717) is 11.1 Å². The zero-order chi connectivity index (χ0) is 15.1. The molecule has 1 aromatic rings. The van der Waals surface area contributed by atoms with Crippen LogP contribution in [0.3, 0.4) is 0 Å². The van der Waals surface area contributed by atoms with Crippen LogP contribution >= 0.6 is 0 Å². The van der Waals surface area contributed by atoms with Gasteiger partial charge in [-0.3, -0.25) is 0 Å². The van der Waals surface area contributed by atoms with Gasteiger partial charge in [0.1, 0.15) is 0 Å². The highest BCUT2D eigenvalue weighted by Gasteiger charge is 2.72. The lowest BCUT2D eigenvalue weighted by molar-refractivity contribution is -0.340. The number of halogens is 7. The summed E-state index contributed by atoms with van der Waals surface area (Å²) < 4.78 is 87.9. The fourth-order valence-electron chi connectivity index (χ4n) is 1.81. The Bertz CT molecular complexity index is 422. The molecule has 0 saturated carbocycles. The molecule has 0 nitrogen and oxygen atoms in total. The summed E-state index contributed by atoms with van der Waals surface area (Å²) in [5, 5.41) is 0. The first-order valence-corrected chi connectivity index (χ1v) is 5.26. The van der Waals surface area contributed by atoms with E-state index >= 15 is 0 Å². The Labute approximate surface area is 105 Å². The first kappa shape index (κ1) is 15.8. The van der Waals surface area contributed by atoms with E-state index in [-0.39, 0.29) is 5.56 Å². The minimum absolute atomic E-state index is 0.338. The van der Waals surface area contributed by atoms with Gasteiger partial charge in [0, 0.05) is 6.42 Å². The van der Waals surface area contributed by atoms with Gasteiger partial charge in [-0.2, -0.15) is 26.3 Å². The van der Waals surface area contributed by atoms with E-state index in [1.165, 1.54) is 13.8 Å². The van der Waals surface area contributed by atoms with Crippen LogP contribution in [0.2, 0.25) is 0 Å². The fraction of sp³-hybridized carbons (Fsp3) is 0.500. The molecule has 0 aliphatic rings. The smallest absolute Gasteiger partial charge is 0.223 e. The molecule has 0 aliphatic heterocycles. The number of hydrogen-bond acceptors (Lipinski definition) is 0. The van der Waals surface area contributed by atoms with Gasteiger partial charge in [0.15, 0.2) is 0 Å². The largest absolute Gasteiger partial charge is 0.431 e. The molecule has 0 radical (unpaired) electrons. The van der Waals surface area contributed by atoms with Crippen LogP contribution in [0.4, 0.5) is 30.7 Å². The van der Waals surface area contributed by atoms with Gasteiger partial charge in [-0.1, -0.05) is 29.3 Å². The molecule has 0 N–H and O–H groups in total. The third-order valence-corrected chi connectivity index (χ3v) is 2.63. The molecule has 19 heavy (non-hydrogen) atoms. The molecule has 7 heteroatoms. The zero-order valence-corrected chi connectivity index (χ0v) is 10.1. The van der Waals surface area contributed by atoms with Crippen molar-refractivity contribution in [2.75, 3.05) is 0 Å². The van der Waals surface area contributed by atoms with Gasteiger partial charge in [0.2, 0.25) is 0 Å². The molecule has 0 saturated heterocycles. The zero-order valence-electron chi connectivity index (χ0n) is 10.1. The molecule has 0 atom stereocenters. The van der Waals surface area contributed by atoms with E-state index < -0.39 is 24.4 Å². The van der Waals surface area contributed by atoms with E-state index in [4.69, 9.17) is 0 Å². The highest BCUT2D eigenvalue weighted by molar-refractivity contribution is 5.30. The van der Waals surface area contributed by atoms with Gasteiger partial charge in [-0.15, -0.1) is 0 Å². The van der Waals surface area contributed by atoms with Crippen LogP contribution in [0, 0.1) is 13.8 Å². The van der Waals surface area contributed by atoms with Gasteiger partial charge in [-0.05, 0) is 19.4 Å². The third-order valence-electron chi connectivity index (χ3n) is 2.63. The van der Waals surface area contributed by atoms with Gasteiger partial charge in [-0.25, -0.2) is 4.39 Å². The van der Waals surface area contributed by atoms with Gasteiger partial charge < -0.3 is 0 Å². The number of rotatable bonds is 2. The van der Waals surface area contributed by atoms with Gasteiger partial charge >= 0.3 is 18.0 Å². The Morgan fingerprint density at radius 1 is 0.737 bits per heavy atom. The monoisotopic (exact) mass is 288 g/mol. The van der Waals surface area contributed by atoms with Crippen molar-refractivity contribution in [3.05, 3.63) is 34.9 Å². The summed E-state index contributed by atoms with van der Waals surface area (Å²) in [5.41, 5.74) is -4.63. The normalized spacial score (nSPS) is 13.7. The molecule has 0 amide bonds. The van der Waals surface area contributed by atoms with Crippen LogP contribution < -0.4 is 0 Å². The van der Waals surface area contributed by atoms with Crippen LogP contribution in [0.5, 0.6) is 0 Å². The maximum Gasteiger partial charge on any atom is 0.431 e. The van der Waals surface area contributed by atoms with E-state index in [9.17, 15) is 30.7 Å². The summed E-state index contributed by atoms with van der Waals surface area (Å²) in [7, 11) is 0. The predicted octanol–water partition coefficient (Wildman–Crippen LogP) is 4.68. The third kappa shape index (κ3) is 3.19. The standard InChI is InChI=1S/C12H11F7/c1-7-3-8(2)5-9(4-7)6-10(13,11(14,15)16)12(17,18)19/h3-5H,6H2,1-2H3. The lowest BCUT2D eigenvalue weighted by atomic mass is 9.93. The molecule has 0 heterocycles. The first-order valence-electron chi connectivity index (χ1n) is 5.26. The van der Waals surface area contributed by atoms with Gasteiger partial charge in [0.05, 0.1) is 0 Å². The summed E-state index contributed by atoms with van der Waals surface area (Å²) >= 11 is 0. The second-order valence-corrected chi connectivity index (χ2v) is 4.47. The SMILES string of the molecule is Cc1cc(C)cc(CC(F)(C(F)(F)F)C(F)(F)F)c1. The highest BCUT2D eigenvalue weighted by atomic mass is 19.4. The van der Waals surface area contributed by atoms with E-state index in [2.05, 4.69) is 0 Å². The minimum atomic E-state index is -6.01. The molecule has 0 fully saturated rings. The van der Waals surface area contributed by atoms with E-state index in [1.807, 2.05) is 0 Å². The summed E-state index contributed by atoms with van der Waals surface area (Å²) in [4.78, 5) is 0. The lowest BCUT2D eigenvalue weighted by Crippen LogP contribution is -2.54. The molecule has 0 unspecified atom stereocenters. The predicted molar refractivity (Wildman–Crippen MR) is 55.6 cm³/mol. The molecule has 0 aliphatic carbocycles. The number of hydrogen-bond donors (Lipinski definition) is 0. The second-order valence-electron chi connectivity index (χ2n) is 4.47. The average molecular weight is 288 g/mol. The van der Waals surface area contributed by atoms with Gasteiger partial charge in [0.25, 0.3) is 0 Å². The van der Waals surface area contributed by atoms with Crippen molar-refractivity contribution in [1.29, 1.82) is 0 Å². The van der Waals surface area contributed by atoms with E-state index in [1.54, 1.807) is 6.07 Å². The Hall–Kier alpha value is -1.27. The highest BCUT2D eigenvalue weighted by Crippen LogP contribution is 2.48. The topological polar surface area (TPSA) is 0 Å². The number of aryl methyl sites for hydroxylation is 2. The molecule has 0 bridgehead atoms. The second kappa shape index (κ2) is 4.68. The molecule has 0 aromatic heterocycles. The summed E-state index contributed by atoms with van der Waals surface area (Å²) in [6.45, 7) is 3.02. The van der Waals surface area contributed by atoms with Crippen molar-refractivity contribution in [2.45, 2.75) is 38.3 Å². The quantitative estimate of drug-likeness (QED) is 0.693. The molecular weight excluding hydrogens is 277 g/mol. The Morgan fingerprint density at radius 3 is 1.42 bits per heavy atom. The number of benzene rings is 1. The van der Waals surface area contributed by atoms with E-state index in [0.717, 1.165) is 12.1 Å². The summed E-state index contributed by atoms with van der Waals surface area (Å²) in [5.74, 6) is 0. The van der Waals surface area contributed by atoms with Crippen LogP contribution in [-0.4, -0.2) is 18.0 Å². The van der Waals surface area contributed by atoms with Crippen LogP contribution in [0.1, 0.15) is 16.7 Å². The lowest BCUT2D eigenvalue weighted by Gasteiger charge is -2.30. The summed E-state index contributed by atoms with van der Waals surface area (Å²) in [6, 6.07) is 3.79. The molecule has 1 aromatic carbocycles. The fourth-order valence-corrected chi connectivity index (χ4v) is 1.81. The molecular formula is C12H11F7. The van der Waals surface area contributed by atoms with Crippen molar-refractivity contribution < 1.29 is 30.7 Å². The Morgan fingerprint density at radius 2 is 1.11 bits per heavy atom. The average Bonchev–Trinajstić information content (AvgIpc) is 2.11. The minimum Gasteiger partial charge on any atom is -0.223 e. The van der Waals surface area contributed by atoms with Crippen molar-refractivity contribution >= 4 is 0 Å². The van der Waals surface area contributed by atoms with Crippen molar-refractivity contribution in [1.82, 2.24) is 0 Å². The molecule has 108 valence electrons. The van der Waals surface area contributed by atoms with Crippen LogP contribution in [-0.2, 0) is 6.42 Å². The first-order chi connectivity index (χ1) is 8.37. The van der Waals surface area contributed by atoms with Crippen molar-refractivity contribution in [3.63, 3.8) is 0 Å². The molecule has 0 spiro atoms. The number of alkyl halides is 7. The maximum atomic E-state index is 13.5. The van der Waals surface area contributed by atoms with Crippen molar-refractivity contribution in [2.24, 2.45) is 0 Å². The van der Waals surface area contributed by atoms with Crippen LogP contribution in [0.15, 0.2) is 18.2 Å². The summed E-state index contributed by atoms with van der Waals surface area (Å²) in [6.07, 6.45) is -13.8. The Kier molecular flexibility index (Phi) is 3.89. The Balaban J connectivity index is 3.23. The maximum absolute atomic E-state index is 13.5.